The lowest BCUT2D eigenvalue weighted by Crippen LogP contribution is -2.22. The van der Waals surface area contributed by atoms with E-state index in [1.54, 1.807) is 7.11 Å². The van der Waals surface area contributed by atoms with E-state index in [-0.39, 0.29) is 6.10 Å². The van der Waals surface area contributed by atoms with Gasteiger partial charge in [-0.3, -0.25) is 4.79 Å². The second kappa shape index (κ2) is 10.4. The van der Waals surface area contributed by atoms with E-state index in [2.05, 4.69) is 0 Å². The molecule has 0 spiro atoms. The van der Waals surface area contributed by atoms with Gasteiger partial charge >= 0.3 is 0 Å². The minimum absolute atomic E-state index is 0.0278. The van der Waals surface area contributed by atoms with Gasteiger partial charge in [-0.05, 0) is 13.3 Å². The van der Waals surface area contributed by atoms with Crippen LogP contribution in [-0.4, -0.2) is 42.3 Å². The van der Waals surface area contributed by atoms with Gasteiger partial charge in [-0.1, -0.05) is 6.92 Å². The zero-order valence-electron chi connectivity index (χ0n) is 9.19. The van der Waals surface area contributed by atoms with Crippen molar-refractivity contribution in [2.24, 2.45) is 0 Å². The number of aliphatic hydroxyl groups is 1. The first-order valence-corrected chi connectivity index (χ1v) is 4.46. The standard InChI is InChI=1S/C7H16O3.C2H4O2/c1-4-7(8)10-6(2)5-9-3;1-2(3)4/h6-8H,4-5H2,1-3H3;1H3,(H,3,4). The van der Waals surface area contributed by atoms with Gasteiger partial charge in [0, 0.05) is 14.0 Å². The molecule has 0 aliphatic carbocycles. The maximum Gasteiger partial charge on any atom is 0.300 e. The molecule has 0 fully saturated rings. The Hall–Kier alpha value is -0.650. The van der Waals surface area contributed by atoms with Crippen molar-refractivity contribution in [3.05, 3.63) is 0 Å². The summed E-state index contributed by atoms with van der Waals surface area (Å²) in [5, 5.41) is 16.4. The van der Waals surface area contributed by atoms with Crippen molar-refractivity contribution in [2.75, 3.05) is 13.7 Å². The average molecular weight is 208 g/mol. The van der Waals surface area contributed by atoms with Crippen LogP contribution in [0.5, 0.6) is 0 Å². The van der Waals surface area contributed by atoms with Gasteiger partial charge in [0.1, 0.15) is 0 Å². The number of hydrogen-bond acceptors (Lipinski definition) is 4. The van der Waals surface area contributed by atoms with Crippen molar-refractivity contribution >= 4 is 5.97 Å². The molecule has 0 saturated carbocycles. The molecule has 0 amide bonds. The van der Waals surface area contributed by atoms with Crippen molar-refractivity contribution in [3.8, 4) is 0 Å². The molecule has 2 N–H and O–H groups in total. The van der Waals surface area contributed by atoms with Gasteiger partial charge in [-0.2, -0.15) is 0 Å². The molecule has 0 saturated heterocycles. The largest absolute Gasteiger partial charge is 0.481 e. The molecule has 0 rings (SSSR count). The number of methoxy groups -OCH3 is 1. The van der Waals surface area contributed by atoms with Gasteiger partial charge in [-0.25, -0.2) is 0 Å². The summed E-state index contributed by atoms with van der Waals surface area (Å²) in [5.74, 6) is -0.833. The molecule has 2 unspecified atom stereocenters. The molecule has 2 atom stereocenters. The molecule has 0 aromatic heterocycles. The van der Waals surface area contributed by atoms with Crippen molar-refractivity contribution in [2.45, 2.75) is 39.6 Å². The molecule has 0 heterocycles. The normalized spacial score (nSPS) is 13.8. The van der Waals surface area contributed by atoms with E-state index in [0.29, 0.717) is 13.0 Å². The average Bonchev–Trinajstić information content (AvgIpc) is 2.03. The van der Waals surface area contributed by atoms with Crippen molar-refractivity contribution in [3.63, 3.8) is 0 Å². The lowest BCUT2D eigenvalue weighted by atomic mass is 10.4. The summed E-state index contributed by atoms with van der Waals surface area (Å²) in [5.41, 5.74) is 0. The van der Waals surface area contributed by atoms with E-state index in [0.717, 1.165) is 6.92 Å². The number of carbonyl (C=O) groups is 1. The molecular formula is C9H20O5. The van der Waals surface area contributed by atoms with E-state index >= 15 is 0 Å². The Bertz CT molecular complexity index is 133. The highest BCUT2D eigenvalue weighted by molar-refractivity contribution is 5.62. The summed E-state index contributed by atoms with van der Waals surface area (Å²) in [7, 11) is 1.61. The summed E-state index contributed by atoms with van der Waals surface area (Å²) in [6, 6.07) is 0. The van der Waals surface area contributed by atoms with Crippen LogP contribution in [0.1, 0.15) is 27.2 Å². The van der Waals surface area contributed by atoms with Crippen LogP contribution in [0.3, 0.4) is 0 Å². The predicted octanol–water partition coefficient (Wildman–Crippen LogP) is 0.857. The Labute approximate surface area is 84.6 Å². The highest BCUT2D eigenvalue weighted by Gasteiger charge is 2.06. The summed E-state index contributed by atoms with van der Waals surface area (Å²) in [6.07, 6.45) is -0.0567. The minimum Gasteiger partial charge on any atom is -0.481 e. The molecule has 0 aliphatic rings. The van der Waals surface area contributed by atoms with Crippen molar-refractivity contribution in [1.82, 2.24) is 0 Å². The third-order valence-corrected chi connectivity index (χ3v) is 1.14. The SMILES string of the molecule is CC(=O)O.CCC(O)OC(C)COC. The Morgan fingerprint density at radius 2 is 1.93 bits per heavy atom. The fourth-order valence-corrected chi connectivity index (χ4v) is 0.638. The summed E-state index contributed by atoms with van der Waals surface area (Å²) in [4.78, 5) is 9.00. The van der Waals surface area contributed by atoms with E-state index in [4.69, 9.17) is 24.5 Å². The van der Waals surface area contributed by atoms with Crippen molar-refractivity contribution in [1.29, 1.82) is 0 Å². The smallest absolute Gasteiger partial charge is 0.300 e. The van der Waals surface area contributed by atoms with Crippen LogP contribution in [0.15, 0.2) is 0 Å². The molecule has 0 aliphatic heterocycles. The van der Waals surface area contributed by atoms with Crippen LogP contribution in [0, 0.1) is 0 Å². The number of hydrogen-bond donors (Lipinski definition) is 2. The summed E-state index contributed by atoms with van der Waals surface area (Å²) in [6.45, 7) is 5.34. The van der Waals surface area contributed by atoms with Crippen LogP contribution < -0.4 is 0 Å². The lowest BCUT2D eigenvalue weighted by molar-refractivity contribution is -0.144. The van der Waals surface area contributed by atoms with Gasteiger partial charge in [0.2, 0.25) is 0 Å². The lowest BCUT2D eigenvalue weighted by Gasteiger charge is -2.15. The fraction of sp³-hybridized carbons (Fsp3) is 0.889. The molecular weight excluding hydrogens is 188 g/mol. The molecule has 5 heteroatoms. The van der Waals surface area contributed by atoms with Gasteiger partial charge in [0.25, 0.3) is 5.97 Å². The van der Waals surface area contributed by atoms with Crippen LogP contribution in [-0.2, 0) is 14.3 Å². The maximum absolute atomic E-state index is 9.00. The van der Waals surface area contributed by atoms with Gasteiger partial charge in [-0.15, -0.1) is 0 Å². The molecule has 14 heavy (non-hydrogen) atoms. The highest BCUT2D eigenvalue weighted by Crippen LogP contribution is 1.98. The number of carboxylic acids is 1. The number of ether oxygens (including phenoxy) is 2. The zero-order chi connectivity index (χ0) is 11.6. The van der Waals surface area contributed by atoms with Crippen LogP contribution >= 0.6 is 0 Å². The predicted molar refractivity (Wildman–Crippen MR) is 52.0 cm³/mol. The molecule has 0 bridgehead atoms. The van der Waals surface area contributed by atoms with Crippen LogP contribution in [0.25, 0.3) is 0 Å². The van der Waals surface area contributed by atoms with E-state index in [9.17, 15) is 0 Å². The monoisotopic (exact) mass is 208 g/mol. The third kappa shape index (κ3) is 17.4. The first-order chi connectivity index (χ1) is 6.43. The quantitative estimate of drug-likeness (QED) is 0.655. The molecule has 0 aromatic carbocycles. The Morgan fingerprint density at radius 3 is 2.21 bits per heavy atom. The highest BCUT2D eigenvalue weighted by atomic mass is 16.6. The Morgan fingerprint density at radius 1 is 1.50 bits per heavy atom. The molecule has 0 aromatic rings. The van der Waals surface area contributed by atoms with Gasteiger partial charge in [0.05, 0.1) is 12.7 Å². The first kappa shape index (κ1) is 15.8. The Balaban J connectivity index is 0. The van der Waals surface area contributed by atoms with Crippen LogP contribution in [0.2, 0.25) is 0 Å². The van der Waals surface area contributed by atoms with Gasteiger partial charge in [0.15, 0.2) is 6.29 Å². The van der Waals surface area contributed by atoms with Gasteiger partial charge < -0.3 is 19.7 Å². The molecule has 86 valence electrons. The van der Waals surface area contributed by atoms with E-state index in [1.165, 1.54) is 0 Å². The van der Waals surface area contributed by atoms with Crippen LogP contribution in [0.4, 0.5) is 0 Å². The number of rotatable bonds is 5. The molecule has 0 radical (unpaired) electrons. The Kier molecular flexibility index (Phi) is 11.8. The van der Waals surface area contributed by atoms with E-state index in [1.807, 2.05) is 13.8 Å². The number of carboxylic acid groups (broad SMARTS) is 1. The second-order valence-corrected chi connectivity index (χ2v) is 2.78. The molecule has 5 nitrogen and oxygen atoms in total. The second-order valence-electron chi connectivity index (χ2n) is 2.78. The third-order valence-electron chi connectivity index (χ3n) is 1.14. The fourth-order valence-electron chi connectivity index (χ4n) is 0.638. The first-order valence-electron chi connectivity index (χ1n) is 4.46. The zero-order valence-corrected chi connectivity index (χ0v) is 9.19. The van der Waals surface area contributed by atoms with E-state index < -0.39 is 12.3 Å². The van der Waals surface area contributed by atoms with Crippen molar-refractivity contribution < 1.29 is 24.5 Å². The number of aliphatic carboxylic acids is 1. The summed E-state index contributed by atoms with van der Waals surface area (Å²) >= 11 is 0. The minimum atomic E-state index is -0.833. The number of aliphatic hydroxyl groups excluding tert-OH is 1. The summed E-state index contributed by atoms with van der Waals surface area (Å²) < 4.78 is 9.88. The topological polar surface area (TPSA) is 76.0 Å². The maximum atomic E-state index is 9.00.